The fourth-order valence-electron chi connectivity index (χ4n) is 1.14. The van der Waals surface area contributed by atoms with Gasteiger partial charge in [-0.3, -0.25) is 0 Å². The Hall–Kier alpha value is -0.600. The zero-order valence-electron chi connectivity index (χ0n) is 7.82. The molecular formula is C10H13ClFN. The lowest BCUT2D eigenvalue weighted by Crippen LogP contribution is -2.10. The first-order chi connectivity index (χ1) is 6.15. The molecule has 0 aliphatic carbocycles. The van der Waals surface area contributed by atoms with Gasteiger partial charge in [-0.1, -0.05) is 11.6 Å². The first-order valence-corrected chi connectivity index (χ1v) is 4.62. The van der Waals surface area contributed by atoms with E-state index in [1.807, 2.05) is 7.05 Å². The second-order valence-corrected chi connectivity index (χ2v) is 3.45. The van der Waals surface area contributed by atoms with E-state index in [2.05, 4.69) is 5.32 Å². The fraction of sp³-hybridized carbons (Fsp3) is 0.400. The molecule has 0 spiro atoms. The van der Waals surface area contributed by atoms with Gasteiger partial charge in [0.2, 0.25) is 0 Å². The maximum Gasteiger partial charge on any atom is 0.126 e. The van der Waals surface area contributed by atoms with E-state index < -0.39 is 0 Å². The average molecular weight is 202 g/mol. The van der Waals surface area contributed by atoms with Crippen molar-refractivity contribution in [1.29, 1.82) is 0 Å². The van der Waals surface area contributed by atoms with Gasteiger partial charge >= 0.3 is 0 Å². The molecule has 1 aromatic rings. The third kappa shape index (κ3) is 2.68. The molecule has 13 heavy (non-hydrogen) atoms. The highest BCUT2D eigenvalue weighted by Crippen LogP contribution is 2.20. The lowest BCUT2D eigenvalue weighted by Gasteiger charge is -2.05. The number of hydrogen-bond donors (Lipinski definition) is 1. The van der Waals surface area contributed by atoms with Crippen LogP contribution in [0.5, 0.6) is 0 Å². The first-order valence-electron chi connectivity index (χ1n) is 4.24. The zero-order chi connectivity index (χ0) is 9.84. The average Bonchev–Trinajstić information content (AvgIpc) is 2.09. The van der Waals surface area contributed by atoms with Gasteiger partial charge in [-0.05, 0) is 50.2 Å². The van der Waals surface area contributed by atoms with Crippen molar-refractivity contribution < 1.29 is 4.39 Å². The molecule has 0 atom stereocenters. The van der Waals surface area contributed by atoms with Crippen molar-refractivity contribution in [1.82, 2.24) is 5.32 Å². The van der Waals surface area contributed by atoms with Crippen LogP contribution in [0.3, 0.4) is 0 Å². The maximum atomic E-state index is 13.1. The van der Waals surface area contributed by atoms with Crippen LogP contribution in [0, 0.1) is 12.7 Å². The molecule has 1 rings (SSSR count). The molecule has 1 N–H and O–H groups in total. The van der Waals surface area contributed by atoms with Crippen LogP contribution in [-0.2, 0) is 6.42 Å². The molecule has 1 nitrogen and oxygen atoms in total. The highest BCUT2D eigenvalue weighted by Gasteiger charge is 2.04. The van der Waals surface area contributed by atoms with E-state index in [1.165, 1.54) is 6.07 Å². The van der Waals surface area contributed by atoms with E-state index in [1.54, 1.807) is 13.0 Å². The first kappa shape index (κ1) is 10.5. The molecule has 0 saturated heterocycles. The summed E-state index contributed by atoms with van der Waals surface area (Å²) in [6, 6.07) is 3.18. The van der Waals surface area contributed by atoms with Gasteiger partial charge in [0.15, 0.2) is 0 Å². The van der Waals surface area contributed by atoms with Crippen molar-refractivity contribution in [3.8, 4) is 0 Å². The van der Waals surface area contributed by atoms with E-state index in [9.17, 15) is 4.39 Å². The molecular weight excluding hydrogens is 189 g/mol. The highest BCUT2D eigenvalue weighted by molar-refractivity contribution is 6.31. The van der Waals surface area contributed by atoms with Gasteiger partial charge in [0.1, 0.15) is 5.82 Å². The van der Waals surface area contributed by atoms with E-state index in [0.717, 1.165) is 18.5 Å². The Kier molecular flexibility index (Phi) is 3.70. The van der Waals surface area contributed by atoms with Crippen LogP contribution >= 0.6 is 11.6 Å². The second-order valence-electron chi connectivity index (χ2n) is 3.05. The Morgan fingerprint density at radius 1 is 1.46 bits per heavy atom. The van der Waals surface area contributed by atoms with Crippen molar-refractivity contribution in [3.63, 3.8) is 0 Å². The summed E-state index contributed by atoms with van der Waals surface area (Å²) in [5.74, 6) is -0.185. The Morgan fingerprint density at radius 3 is 2.77 bits per heavy atom. The van der Waals surface area contributed by atoms with Gasteiger partial charge in [0.05, 0.1) is 0 Å². The van der Waals surface area contributed by atoms with E-state index >= 15 is 0 Å². The SMILES string of the molecule is CNCCc1cc(F)c(C)cc1Cl. The molecule has 0 unspecified atom stereocenters. The van der Waals surface area contributed by atoms with E-state index in [4.69, 9.17) is 11.6 Å². The predicted octanol–water partition coefficient (Wildman–Crippen LogP) is 2.55. The number of rotatable bonds is 3. The van der Waals surface area contributed by atoms with Crippen molar-refractivity contribution in [3.05, 3.63) is 34.1 Å². The molecule has 0 bridgehead atoms. The third-order valence-electron chi connectivity index (χ3n) is 1.97. The Bertz CT molecular complexity index is 299. The zero-order valence-corrected chi connectivity index (χ0v) is 8.58. The molecule has 0 radical (unpaired) electrons. The summed E-state index contributed by atoms with van der Waals surface area (Å²) in [5, 5.41) is 3.64. The molecule has 0 heterocycles. The largest absolute Gasteiger partial charge is 0.319 e. The summed E-state index contributed by atoms with van der Waals surface area (Å²) >= 11 is 5.94. The van der Waals surface area contributed by atoms with Gasteiger partial charge in [-0.2, -0.15) is 0 Å². The highest BCUT2D eigenvalue weighted by atomic mass is 35.5. The maximum absolute atomic E-state index is 13.1. The molecule has 3 heteroatoms. The third-order valence-corrected chi connectivity index (χ3v) is 2.32. The van der Waals surface area contributed by atoms with Crippen LogP contribution in [0.4, 0.5) is 4.39 Å². The van der Waals surface area contributed by atoms with Crippen molar-refractivity contribution in [2.24, 2.45) is 0 Å². The molecule has 0 aliphatic rings. The van der Waals surface area contributed by atoms with E-state index in [0.29, 0.717) is 10.6 Å². The molecule has 72 valence electrons. The molecule has 0 saturated carbocycles. The Morgan fingerprint density at radius 2 is 2.15 bits per heavy atom. The van der Waals surface area contributed by atoms with Crippen LogP contribution in [-0.4, -0.2) is 13.6 Å². The van der Waals surface area contributed by atoms with Crippen LogP contribution < -0.4 is 5.32 Å². The summed E-state index contributed by atoms with van der Waals surface area (Å²) in [5.41, 5.74) is 1.46. The normalized spacial score (nSPS) is 10.5. The molecule has 0 aromatic heterocycles. The summed E-state index contributed by atoms with van der Waals surface area (Å²) in [6.07, 6.45) is 0.756. The lowest BCUT2D eigenvalue weighted by molar-refractivity contribution is 0.615. The van der Waals surface area contributed by atoms with Crippen LogP contribution in [0.25, 0.3) is 0 Å². The van der Waals surface area contributed by atoms with Crippen LogP contribution in [0.15, 0.2) is 12.1 Å². The minimum atomic E-state index is -0.185. The predicted molar refractivity (Wildman–Crippen MR) is 53.8 cm³/mol. The van der Waals surface area contributed by atoms with Gasteiger partial charge in [-0.25, -0.2) is 4.39 Å². The number of benzene rings is 1. The monoisotopic (exact) mass is 201 g/mol. The standard InChI is InChI=1S/C10H13ClFN/c1-7-5-9(11)8(3-4-13-2)6-10(7)12/h5-6,13H,3-4H2,1-2H3. The summed E-state index contributed by atoms with van der Waals surface area (Å²) in [6.45, 7) is 2.52. The Balaban J connectivity index is 2.88. The number of hydrogen-bond acceptors (Lipinski definition) is 1. The molecule has 0 aliphatic heterocycles. The number of aryl methyl sites for hydroxylation is 1. The number of halogens is 2. The van der Waals surface area contributed by atoms with Crippen LogP contribution in [0.1, 0.15) is 11.1 Å². The van der Waals surface area contributed by atoms with Crippen molar-refractivity contribution in [2.45, 2.75) is 13.3 Å². The van der Waals surface area contributed by atoms with E-state index in [-0.39, 0.29) is 5.82 Å². The topological polar surface area (TPSA) is 12.0 Å². The molecule has 0 fully saturated rings. The summed E-state index contributed by atoms with van der Waals surface area (Å²) in [4.78, 5) is 0. The minimum Gasteiger partial charge on any atom is -0.319 e. The Labute approximate surface area is 82.9 Å². The smallest absolute Gasteiger partial charge is 0.126 e. The van der Waals surface area contributed by atoms with Crippen molar-refractivity contribution in [2.75, 3.05) is 13.6 Å². The van der Waals surface area contributed by atoms with Crippen molar-refractivity contribution >= 4 is 11.6 Å². The second kappa shape index (κ2) is 4.58. The quantitative estimate of drug-likeness (QED) is 0.793. The molecule has 1 aromatic carbocycles. The van der Waals surface area contributed by atoms with Crippen LogP contribution in [0.2, 0.25) is 5.02 Å². The van der Waals surface area contributed by atoms with Gasteiger partial charge in [0.25, 0.3) is 0 Å². The summed E-state index contributed by atoms with van der Waals surface area (Å²) in [7, 11) is 1.86. The number of likely N-dealkylation sites (N-methyl/N-ethyl adjacent to an activating group) is 1. The lowest BCUT2D eigenvalue weighted by atomic mass is 10.1. The van der Waals surface area contributed by atoms with Gasteiger partial charge in [0, 0.05) is 5.02 Å². The molecule has 0 amide bonds. The minimum absolute atomic E-state index is 0.185. The summed E-state index contributed by atoms with van der Waals surface area (Å²) < 4.78 is 13.1. The van der Waals surface area contributed by atoms with Gasteiger partial charge in [-0.15, -0.1) is 0 Å². The number of nitrogens with one attached hydrogen (secondary N) is 1. The fourth-order valence-corrected chi connectivity index (χ4v) is 1.45. The van der Waals surface area contributed by atoms with Gasteiger partial charge < -0.3 is 5.32 Å².